The topological polar surface area (TPSA) is 0 Å². The molecular weight excluding hydrogens is 388 g/mol. The summed E-state index contributed by atoms with van der Waals surface area (Å²) in [7, 11) is 0. The van der Waals surface area contributed by atoms with Crippen LogP contribution in [0, 0.1) is 0 Å². The quantitative estimate of drug-likeness (QED) is 0.261. The van der Waals surface area contributed by atoms with Crippen LogP contribution in [0.5, 0.6) is 0 Å². The lowest BCUT2D eigenvalue weighted by molar-refractivity contribution is 0.795. The molecule has 4 aromatic rings. The number of hydrogen-bond donors (Lipinski definition) is 0. The smallest absolute Gasteiger partial charge is 0.0734 e. The van der Waals surface area contributed by atoms with Crippen LogP contribution in [0.2, 0.25) is 0 Å². The van der Waals surface area contributed by atoms with Crippen molar-refractivity contribution in [1.82, 2.24) is 0 Å². The van der Waals surface area contributed by atoms with E-state index in [-0.39, 0.29) is 5.41 Å². The number of thiophene rings is 1. The molecule has 2 aliphatic rings. The van der Waals surface area contributed by atoms with Gasteiger partial charge in [0.15, 0.2) is 0 Å². The van der Waals surface area contributed by atoms with Gasteiger partial charge in [-0.3, -0.25) is 0 Å². The van der Waals surface area contributed by atoms with E-state index in [2.05, 4.69) is 94.1 Å². The zero-order valence-electron chi connectivity index (χ0n) is 13.3. The lowest BCUT2D eigenvalue weighted by Gasteiger charge is -2.29. The van der Waals surface area contributed by atoms with Gasteiger partial charge in [0.1, 0.15) is 0 Å². The highest BCUT2D eigenvalue weighted by atomic mass is 79.9. The molecule has 3 aromatic carbocycles. The maximum atomic E-state index is 3.71. The van der Waals surface area contributed by atoms with Crippen molar-refractivity contribution in [2.45, 2.75) is 5.41 Å². The van der Waals surface area contributed by atoms with Crippen LogP contribution < -0.4 is 0 Å². The molecule has 0 aliphatic heterocycles. The van der Waals surface area contributed by atoms with Crippen molar-refractivity contribution in [3.05, 3.63) is 105 Å². The first-order valence-corrected chi connectivity index (χ1v) is 10.1. The van der Waals surface area contributed by atoms with E-state index >= 15 is 0 Å². The van der Waals surface area contributed by atoms with Crippen molar-refractivity contribution in [3.63, 3.8) is 0 Å². The van der Waals surface area contributed by atoms with Gasteiger partial charge in [0.2, 0.25) is 0 Å². The Bertz CT molecular complexity index is 1170. The van der Waals surface area contributed by atoms with Gasteiger partial charge in [0, 0.05) is 9.35 Å². The second-order valence-electron chi connectivity index (χ2n) is 6.69. The molecule has 0 fully saturated rings. The Labute approximate surface area is 158 Å². The third-order valence-corrected chi connectivity index (χ3v) is 7.09. The molecule has 25 heavy (non-hydrogen) atoms. The molecule has 0 amide bonds. The highest BCUT2D eigenvalue weighted by molar-refractivity contribution is 9.10. The molecule has 1 spiro atoms. The first kappa shape index (κ1) is 14.1. The molecule has 1 atom stereocenters. The van der Waals surface area contributed by atoms with Gasteiger partial charge in [-0.1, -0.05) is 70.5 Å². The second-order valence-corrected chi connectivity index (χ2v) is 8.53. The maximum Gasteiger partial charge on any atom is 0.0734 e. The van der Waals surface area contributed by atoms with E-state index in [0.717, 1.165) is 4.47 Å². The third kappa shape index (κ3) is 1.53. The minimum Gasteiger partial charge on any atom is -0.143 e. The van der Waals surface area contributed by atoms with E-state index in [9.17, 15) is 0 Å². The molecule has 1 heterocycles. The summed E-state index contributed by atoms with van der Waals surface area (Å²) in [5.74, 6) is 0. The van der Waals surface area contributed by atoms with Crippen molar-refractivity contribution in [1.29, 1.82) is 0 Å². The van der Waals surface area contributed by atoms with Gasteiger partial charge < -0.3 is 0 Å². The Balaban J connectivity index is 1.88. The highest BCUT2D eigenvalue weighted by Crippen LogP contribution is 2.63. The summed E-state index contributed by atoms with van der Waals surface area (Å²) in [6.45, 7) is 0. The van der Waals surface area contributed by atoms with Gasteiger partial charge in [-0.25, -0.2) is 0 Å². The lowest BCUT2D eigenvalue weighted by Crippen LogP contribution is -2.25. The summed E-state index contributed by atoms with van der Waals surface area (Å²) in [4.78, 5) is 1.42. The molecule has 0 nitrogen and oxygen atoms in total. The molecule has 1 unspecified atom stereocenters. The van der Waals surface area contributed by atoms with Gasteiger partial charge >= 0.3 is 0 Å². The van der Waals surface area contributed by atoms with E-state index in [0.29, 0.717) is 0 Å². The largest absolute Gasteiger partial charge is 0.143 e. The molecular formula is C23H13BrS. The maximum absolute atomic E-state index is 3.71. The van der Waals surface area contributed by atoms with Gasteiger partial charge in [-0.05, 0) is 62.5 Å². The zero-order chi connectivity index (χ0) is 16.6. The number of hydrogen-bond acceptors (Lipinski definition) is 1. The standard InChI is InChI=1S/C23H13BrS/c24-14-9-10-16-15-5-1-3-7-18(15)23(21(16)13-14)19-8-4-2-6-17(19)22-20(23)11-12-25-22/h1-13H. The fourth-order valence-electron chi connectivity index (χ4n) is 4.80. The van der Waals surface area contributed by atoms with Crippen LogP contribution in [-0.4, -0.2) is 0 Å². The molecule has 118 valence electrons. The predicted octanol–water partition coefficient (Wildman–Crippen LogP) is 6.85. The summed E-state index contributed by atoms with van der Waals surface area (Å²) in [5, 5.41) is 2.24. The van der Waals surface area contributed by atoms with Crippen molar-refractivity contribution < 1.29 is 0 Å². The number of rotatable bonds is 0. The fourth-order valence-corrected chi connectivity index (χ4v) is 6.15. The van der Waals surface area contributed by atoms with Crippen LogP contribution in [0.1, 0.15) is 22.3 Å². The molecule has 2 aliphatic carbocycles. The Morgan fingerprint density at radius 3 is 2.16 bits per heavy atom. The normalized spacial score (nSPS) is 18.8. The minimum atomic E-state index is -0.179. The third-order valence-electron chi connectivity index (χ3n) is 5.65. The van der Waals surface area contributed by atoms with Crippen molar-refractivity contribution in [2.75, 3.05) is 0 Å². The molecule has 2 heteroatoms. The van der Waals surface area contributed by atoms with Crippen molar-refractivity contribution in [3.8, 4) is 21.6 Å². The summed E-state index contributed by atoms with van der Waals surface area (Å²) in [6, 6.07) is 26.9. The second kappa shape index (κ2) is 4.72. The first-order chi connectivity index (χ1) is 12.3. The SMILES string of the molecule is Brc1ccc2c(c1)C1(c3ccccc3-2)c2ccccc2-c2sccc21. The highest BCUT2D eigenvalue weighted by Gasteiger charge is 2.52. The van der Waals surface area contributed by atoms with E-state index in [4.69, 9.17) is 0 Å². The fraction of sp³-hybridized carbons (Fsp3) is 0.0435. The Morgan fingerprint density at radius 2 is 1.32 bits per heavy atom. The molecule has 0 bridgehead atoms. The van der Waals surface area contributed by atoms with Gasteiger partial charge in [-0.15, -0.1) is 11.3 Å². The first-order valence-electron chi connectivity index (χ1n) is 8.39. The van der Waals surface area contributed by atoms with Crippen LogP contribution in [0.25, 0.3) is 21.6 Å². The van der Waals surface area contributed by atoms with Gasteiger partial charge in [-0.2, -0.15) is 0 Å². The van der Waals surface area contributed by atoms with Gasteiger partial charge in [0.05, 0.1) is 5.41 Å². The predicted molar refractivity (Wildman–Crippen MR) is 108 cm³/mol. The number of halogens is 1. The monoisotopic (exact) mass is 400 g/mol. The van der Waals surface area contributed by atoms with Crippen LogP contribution >= 0.6 is 27.3 Å². The van der Waals surface area contributed by atoms with Gasteiger partial charge in [0.25, 0.3) is 0 Å². The number of fused-ring (bicyclic) bond motifs is 10. The van der Waals surface area contributed by atoms with Crippen LogP contribution in [-0.2, 0) is 5.41 Å². The van der Waals surface area contributed by atoms with Crippen LogP contribution in [0.3, 0.4) is 0 Å². The van der Waals surface area contributed by atoms with E-state index in [1.165, 1.54) is 43.8 Å². The minimum absolute atomic E-state index is 0.179. The summed E-state index contributed by atoms with van der Waals surface area (Å²) in [6.07, 6.45) is 0. The molecule has 1 aromatic heterocycles. The average Bonchev–Trinajstić information content (AvgIpc) is 3.29. The van der Waals surface area contributed by atoms with E-state index in [1.54, 1.807) is 0 Å². The Kier molecular flexibility index (Phi) is 2.65. The van der Waals surface area contributed by atoms with Crippen LogP contribution in [0.4, 0.5) is 0 Å². The van der Waals surface area contributed by atoms with Crippen molar-refractivity contribution >= 4 is 27.3 Å². The summed E-state index contributed by atoms with van der Waals surface area (Å²) >= 11 is 5.57. The van der Waals surface area contributed by atoms with E-state index < -0.39 is 0 Å². The molecule has 0 saturated carbocycles. The van der Waals surface area contributed by atoms with Crippen LogP contribution in [0.15, 0.2) is 82.6 Å². The van der Waals surface area contributed by atoms with Crippen molar-refractivity contribution in [2.24, 2.45) is 0 Å². The molecule has 0 radical (unpaired) electrons. The molecule has 0 N–H and O–H groups in total. The van der Waals surface area contributed by atoms with E-state index in [1.807, 2.05) is 11.3 Å². The lowest BCUT2D eigenvalue weighted by atomic mass is 9.71. The summed E-state index contributed by atoms with van der Waals surface area (Å²) in [5.41, 5.74) is 9.58. The number of benzene rings is 3. The average molecular weight is 401 g/mol. The molecule has 6 rings (SSSR count). The molecule has 0 saturated heterocycles. The zero-order valence-corrected chi connectivity index (χ0v) is 15.7. The summed E-state index contributed by atoms with van der Waals surface area (Å²) < 4.78 is 1.14. The Morgan fingerprint density at radius 1 is 0.640 bits per heavy atom. The Hall–Kier alpha value is -2.16.